The summed E-state index contributed by atoms with van der Waals surface area (Å²) < 4.78 is 22.0. The molecule has 0 aromatic heterocycles. The second-order valence-electron chi connectivity index (χ2n) is 10.2. The molecule has 228 valence electrons. The lowest BCUT2D eigenvalue weighted by Gasteiger charge is -2.39. The molecule has 2 heterocycles. The lowest BCUT2D eigenvalue weighted by Crippen LogP contribution is -2.57. The molecule has 10 atom stereocenters. The van der Waals surface area contributed by atoms with Crippen molar-refractivity contribution in [3.63, 3.8) is 0 Å². The molecule has 14 heteroatoms. The summed E-state index contributed by atoms with van der Waals surface area (Å²) in [4.78, 5) is 25.3. The topological polar surface area (TPSA) is 208 Å². The first-order chi connectivity index (χ1) is 18.4. The number of aliphatic hydroxyl groups excluding tert-OH is 6. The van der Waals surface area contributed by atoms with Crippen molar-refractivity contribution in [2.75, 3.05) is 39.4 Å². The minimum absolute atomic E-state index is 0.0140. The van der Waals surface area contributed by atoms with E-state index in [4.69, 9.17) is 18.9 Å². The van der Waals surface area contributed by atoms with E-state index < -0.39 is 61.4 Å². The number of hydrogen-bond acceptors (Lipinski definition) is 13. The fraction of sp³-hybridized carbons (Fsp3) is 0.920. The predicted molar refractivity (Wildman–Crippen MR) is 135 cm³/mol. The minimum Gasteiger partial charge on any atom is -0.388 e. The van der Waals surface area contributed by atoms with Gasteiger partial charge in [0.05, 0.1) is 32.0 Å². The number of rotatable bonds is 16. The van der Waals surface area contributed by atoms with Crippen LogP contribution in [0.3, 0.4) is 0 Å². The number of ether oxygens (including phenoxy) is 4. The number of carbonyl (C=O) groups is 2. The Kier molecular flexibility index (Phi) is 14.6. The van der Waals surface area contributed by atoms with Crippen molar-refractivity contribution in [1.82, 2.24) is 10.2 Å². The zero-order chi connectivity index (χ0) is 29.1. The fourth-order valence-electron chi connectivity index (χ4n) is 4.33. The average molecular weight is 567 g/mol. The Hall–Kier alpha value is -1.30. The molecule has 0 aromatic carbocycles. The third-order valence-corrected chi connectivity index (χ3v) is 6.89. The Labute approximate surface area is 228 Å². The summed E-state index contributed by atoms with van der Waals surface area (Å²) >= 11 is 0. The molecular formula is C25H46N2O12. The number of Topliss-reactive ketones (excluding diaryl/α,β-unsaturated/α-hetero) is 1. The molecule has 2 rings (SSSR count). The number of amides is 1. The van der Waals surface area contributed by atoms with Crippen LogP contribution in [0.15, 0.2) is 0 Å². The standard InChI is InChI=1S/C25H46N2O12/c1-14(28)7-5-4-6-8-26-17(29)13-27(9-11-36-24-22(34)20(32)18(30)15(2)38-24)10-12-37-25-23(35)21(33)19(31)16(3)39-25/h15-16,18-25,30-35H,4-13H2,1-3H3,(H,26,29)/t15-,16-,18+,19+,20+,21+,22-,23-,24+,25+/m0/s1. The maximum Gasteiger partial charge on any atom is 0.234 e. The molecular weight excluding hydrogens is 520 g/mol. The zero-order valence-corrected chi connectivity index (χ0v) is 22.9. The summed E-state index contributed by atoms with van der Waals surface area (Å²) in [7, 11) is 0. The third kappa shape index (κ3) is 10.9. The van der Waals surface area contributed by atoms with E-state index in [0.29, 0.717) is 13.0 Å². The number of nitrogens with one attached hydrogen (secondary N) is 1. The summed E-state index contributed by atoms with van der Waals surface area (Å²) in [5, 5.41) is 62.7. The normalized spacial score (nSPS) is 35.2. The highest BCUT2D eigenvalue weighted by molar-refractivity contribution is 5.78. The van der Waals surface area contributed by atoms with Gasteiger partial charge in [0, 0.05) is 26.1 Å². The van der Waals surface area contributed by atoms with Crippen molar-refractivity contribution in [3.8, 4) is 0 Å². The molecule has 0 bridgehead atoms. The van der Waals surface area contributed by atoms with E-state index in [0.717, 1.165) is 19.3 Å². The van der Waals surface area contributed by atoms with Crippen LogP contribution in [0.4, 0.5) is 0 Å². The molecule has 2 aliphatic rings. The van der Waals surface area contributed by atoms with Gasteiger partial charge in [-0.3, -0.25) is 9.69 Å². The smallest absolute Gasteiger partial charge is 0.234 e. The maximum absolute atomic E-state index is 12.5. The highest BCUT2D eigenvalue weighted by atomic mass is 16.7. The molecule has 0 aromatic rings. The molecule has 7 N–H and O–H groups in total. The molecule has 14 nitrogen and oxygen atoms in total. The lowest BCUT2D eigenvalue weighted by atomic mass is 10.0. The van der Waals surface area contributed by atoms with Gasteiger partial charge < -0.3 is 59.7 Å². The zero-order valence-electron chi connectivity index (χ0n) is 22.9. The Morgan fingerprint density at radius 2 is 1.23 bits per heavy atom. The number of carbonyl (C=O) groups excluding carboxylic acids is 2. The summed E-state index contributed by atoms with van der Waals surface area (Å²) in [5.41, 5.74) is 0. The van der Waals surface area contributed by atoms with Gasteiger partial charge in [0.15, 0.2) is 12.6 Å². The van der Waals surface area contributed by atoms with E-state index in [-0.39, 0.29) is 44.5 Å². The Bertz CT molecular complexity index is 706. The first-order valence-corrected chi connectivity index (χ1v) is 13.5. The van der Waals surface area contributed by atoms with Gasteiger partial charge in [0.2, 0.25) is 5.91 Å². The predicted octanol–water partition coefficient (Wildman–Crippen LogP) is -2.76. The van der Waals surface area contributed by atoms with Gasteiger partial charge in [-0.1, -0.05) is 6.42 Å². The van der Waals surface area contributed by atoms with E-state index in [1.165, 1.54) is 0 Å². The van der Waals surface area contributed by atoms with Crippen LogP contribution < -0.4 is 5.32 Å². The maximum atomic E-state index is 12.5. The van der Waals surface area contributed by atoms with Crippen LogP contribution in [0.1, 0.15) is 46.5 Å². The highest BCUT2D eigenvalue weighted by Crippen LogP contribution is 2.23. The van der Waals surface area contributed by atoms with Gasteiger partial charge in [0.1, 0.15) is 42.4 Å². The van der Waals surface area contributed by atoms with Gasteiger partial charge in [-0.25, -0.2) is 0 Å². The molecule has 0 unspecified atom stereocenters. The molecule has 2 saturated heterocycles. The number of ketones is 1. The summed E-state index contributed by atoms with van der Waals surface area (Å²) in [5.74, 6) is -0.111. The monoisotopic (exact) mass is 566 g/mol. The molecule has 2 aliphatic heterocycles. The quantitative estimate of drug-likeness (QED) is 0.0946. The number of aliphatic hydroxyl groups is 6. The number of nitrogens with zero attached hydrogens (tertiary/aromatic N) is 1. The Morgan fingerprint density at radius 1 is 0.744 bits per heavy atom. The minimum atomic E-state index is -1.45. The molecule has 1 amide bonds. The van der Waals surface area contributed by atoms with Gasteiger partial charge in [-0.2, -0.15) is 0 Å². The summed E-state index contributed by atoms with van der Waals surface area (Å²) in [6.07, 6.45) is -9.26. The van der Waals surface area contributed by atoms with Gasteiger partial charge in [-0.15, -0.1) is 0 Å². The van der Waals surface area contributed by atoms with Crippen molar-refractivity contribution in [3.05, 3.63) is 0 Å². The lowest BCUT2D eigenvalue weighted by molar-refractivity contribution is -0.295. The van der Waals surface area contributed by atoms with Crippen LogP contribution >= 0.6 is 0 Å². The van der Waals surface area contributed by atoms with Gasteiger partial charge in [0.25, 0.3) is 0 Å². The largest absolute Gasteiger partial charge is 0.388 e. The van der Waals surface area contributed by atoms with Crippen molar-refractivity contribution < 1.29 is 59.2 Å². The van der Waals surface area contributed by atoms with Crippen molar-refractivity contribution in [2.24, 2.45) is 0 Å². The summed E-state index contributed by atoms with van der Waals surface area (Å²) in [6.45, 7) is 5.52. The number of unbranched alkanes of at least 4 members (excludes halogenated alkanes) is 2. The third-order valence-electron chi connectivity index (χ3n) is 6.89. The van der Waals surface area contributed by atoms with Crippen LogP contribution in [0.5, 0.6) is 0 Å². The van der Waals surface area contributed by atoms with Crippen molar-refractivity contribution in [2.45, 2.75) is 108 Å². The van der Waals surface area contributed by atoms with Crippen LogP contribution in [-0.2, 0) is 28.5 Å². The number of hydrogen-bond donors (Lipinski definition) is 7. The molecule has 2 fully saturated rings. The molecule has 0 radical (unpaired) electrons. The van der Waals surface area contributed by atoms with Gasteiger partial charge in [-0.05, 0) is 33.6 Å². The van der Waals surface area contributed by atoms with Crippen molar-refractivity contribution >= 4 is 11.7 Å². The average Bonchev–Trinajstić information content (AvgIpc) is 2.89. The van der Waals surface area contributed by atoms with Crippen molar-refractivity contribution in [1.29, 1.82) is 0 Å². The SMILES string of the molecule is CC(=O)CCCCCNC(=O)CN(CCO[C@@H]1O[C@@H](C)[C@@H](O)[C@@H](O)[C@@H]1O)CCO[C@@H]1O[C@@H](C)[C@@H](O)[C@@H](O)[C@@H]1O. The molecule has 39 heavy (non-hydrogen) atoms. The fourth-order valence-corrected chi connectivity index (χ4v) is 4.33. The Morgan fingerprint density at radius 3 is 1.69 bits per heavy atom. The van der Waals surface area contributed by atoms with Gasteiger partial charge >= 0.3 is 0 Å². The van der Waals surface area contributed by atoms with E-state index in [9.17, 15) is 40.2 Å². The molecule has 0 spiro atoms. The molecule has 0 aliphatic carbocycles. The van der Waals surface area contributed by atoms with E-state index in [1.54, 1.807) is 25.7 Å². The first kappa shape index (κ1) is 33.9. The highest BCUT2D eigenvalue weighted by Gasteiger charge is 2.43. The second kappa shape index (κ2) is 16.8. The molecule has 0 saturated carbocycles. The van der Waals surface area contributed by atoms with Crippen LogP contribution in [0.2, 0.25) is 0 Å². The van der Waals surface area contributed by atoms with Crippen LogP contribution in [0.25, 0.3) is 0 Å². The first-order valence-electron chi connectivity index (χ1n) is 13.5. The summed E-state index contributed by atoms with van der Waals surface area (Å²) in [6, 6.07) is 0. The second-order valence-corrected chi connectivity index (χ2v) is 10.2. The van der Waals surface area contributed by atoms with Crippen LogP contribution in [-0.4, -0.2) is 148 Å². The van der Waals surface area contributed by atoms with E-state index in [1.807, 2.05) is 0 Å². The van der Waals surface area contributed by atoms with E-state index >= 15 is 0 Å². The van der Waals surface area contributed by atoms with Crippen LogP contribution in [0, 0.1) is 0 Å². The Balaban J connectivity index is 1.85. The van der Waals surface area contributed by atoms with E-state index in [2.05, 4.69) is 5.32 Å².